The molecule has 5 atom stereocenters. The number of carbonyl (C=O) groups is 2. The zero-order valence-corrected chi connectivity index (χ0v) is 23.7. The van der Waals surface area contributed by atoms with Crippen LogP contribution in [-0.4, -0.2) is 61.2 Å². The van der Waals surface area contributed by atoms with Crippen LogP contribution >= 0.6 is 0 Å². The maximum atomic E-state index is 16.0. The normalized spacial score (nSPS) is 27.4. The van der Waals surface area contributed by atoms with Crippen LogP contribution in [0.25, 0.3) is 6.08 Å². The molecule has 1 fully saturated rings. The summed E-state index contributed by atoms with van der Waals surface area (Å²) in [5, 5.41) is 10.3. The van der Waals surface area contributed by atoms with Crippen LogP contribution in [0.4, 0.5) is 4.39 Å². The van der Waals surface area contributed by atoms with Crippen LogP contribution in [0.2, 0.25) is 0 Å². The van der Waals surface area contributed by atoms with Gasteiger partial charge >= 0.3 is 11.9 Å². The van der Waals surface area contributed by atoms with Crippen molar-refractivity contribution in [2.75, 3.05) is 13.9 Å². The van der Waals surface area contributed by atoms with Crippen molar-refractivity contribution < 1.29 is 47.5 Å². The predicted molar refractivity (Wildman–Crippen MR) is 147 cm³/mol. The molecule has 41 heavy (non-hydrogen) atoms. The molecule has 0 aromatic heterocycles. The Labute approximate surface area is 238 Å². The van der Waals surface area contributed by atoms with Crippen LogP contribution in [0, 0.1) is 5.92 Å². The summed E-state index contributed by atoms with van der Waals surface area (Å²) >= 11 is 0. The Kier molecular flexibility index (Phi) is 9.47. The highest BCUT2D eigenvalue weighted by molar-refractivity contribution is 5.97. The van der Waals surface area contributed by atoms with Gasteiger partial charge in [-0.15, -0.1) is 0 Å². The van der Waals surface area contributed by atoms with Gasteiger partial charge in [-0.1, -0.05) is 37.3 Å². The third-order valence-electron chi connectivity index (χ3n) is 6.81. The van der Waals surface area contributed by atoms with Crippen LogP contribution in [-0.2, 0) is 23.7 Å². The number of phenols is 1. The number of phenolic OH excluding ortho intramolecular Hbond substituents is 1. The molecular weight excluding hydrogens is 535 g/mol. The van der Waals surface area contributed by atoms with Gasteiger partial charge in [-0.3, -0.25) is 0 Å². The number of benzene rings is 2. The molecule has 0 bridgehead atoms. The molecule has 0 saturated carbocycles. The first-order chi connectivity index (χ1) is 19.5. The van der Waals surface area contributed by atoms with Gasteiger partial charge in [-0.25, -0.2) is 14.0 Å². The molecule has 2 aliphatic heterocycles. The number of carbonyl (C=O) groups excluding carboxylic acids is 2. The number of fused-ring (bicyclic) bond motifs is 2. The summed E-state index contributed by atoms with van der Waals surface area (Å²) in [4.78, 5) is 26.4. The fourth-order valence-electron chi connectivity index (χ4n) is 4.69. The average Bonchev–Trinajstić information content (AvgIpc) is 3.23. The smallest absolute Gasteiger partial charge is 0.342 e. The van der Waals surface area contributed by atoms with Crippen LogP contribution in [0.15, 0.2) is 60.4 Å². The molecule has 1 saturated heterocycles. The lowest BCUT2D eigenvalue weighted by atomic mass is 9.98. The fraction of sp³-hybridized carbons (Fsp3) is 0.419. The first-order valence-corrected chi connectivity index (χ1v) is 13.3. The van der Waals surface area contributed by atoms with Gasteiger partial charge in [0.15, 0.2) is 18.7 Å². The molecule has 0 amide bonds. The van der Waals surface area contributed by atoms with Gasteiger partial charge in [0.2, 0.25) is 0 Å². The van der Waals surface area contributed by atoms with Crippen LogP contribution in [0.5, 0.6) is 11.5 Å². The van der Waals surface area contributed by atoms with E-state index in [2.05, 4.69) is 0 Å². The topological polar surface area (TPSA) is 110 Å². The SMILES string of the molecule is COCOc1cc(O)cc2c1C(=O)O[C@@H](C)[C@H](C)/C=C(/F)C(OC(=O)c1ccccc1)C1OC(C)(C)OC1CC=C2. The van der Waals surface area contributed by atoms with E-state index in [-0.39, 0.29) is 35.8 Å². The Bertz CT molecular complexity index is 1300. The third-order valence-corrected chi connectivity index (χ3v) is 6.81. The van der Waals surface area contributed by atoms with Crippen molar-refractivity contribution in [3.05, 3.63) is 77.1 Å². The Morgan fingerprint density at radius 3 is 2.59 bits per heavy atom. The Hall–Kier alpha value is -3.73. The third kappa shape index (κ3) is 7.32. The number of aromatic hydroxyl groups is 1. The maximum Gasteiger partial charge on any atom is 0.342 e. The molecule has 0 radical (unpaired) electrons. The Morgan fingerprint density at radius 2 is 1.88 bits per heavy atom. The van der Waals surface area contributed by atoms with Crippen molar-refractivity contribution in [2.24, 2.45) is 5.92 Å². The van der Waals surface area contributed by atoms with Gasteiger partial charge in [0, 0.05) is 19.1 Å². The number of halogens is 1. The van der Waals surface area contributed by atoms with E-state index in [0.29, 0.717) is 5.56 Å². The summed E-state index contributed by atoms with van der Waals surface area (Å²) in [6.07, 6.45) is 0.830. The van der Waals surface area contributed by atoms with Gasteiger partial charge in [0.05, 0.1) is 11.7 Å². The second-order valence-corrected chi connectivity index (χ2v) is 10.4. The lowest BCUT2D eigenvalue weighted by molar-refractivity contribution is -0.154. The zero-order chi connectivity index (χ0) is 29.7. The first kappa shape index (κ1) is 30.2. The van der Waals surface area contributed by atoms with Crippen molar-refractivity contribution in [3.63, 3.8) is 0 Å². The standard InChI is InChI=1S/C31H35FO9/c1-18-14-23(32)27(39-29(34)20-10-7-6-8-11-20)28-24(40-31(3,4)41-28)13-9-12-21-15-22(33)16-25(37-17-36-5)26(21)30(35)38-19(18)2/h6-12,14-16,18-19,24,27-28,33H,13,17H2,1-5H3/b12-9?,23-14+/t18-,19+,24?,27?,28?/m1/s1. The molecule has 2 aromatic carbocycles. The second-order valence-electron chi connectivity index (χ2n) is 10.4. The average molecular weight is 571 g/mol. The van der Waals surface area contributed by atoms with Crippen molar-refractivity contribution in [1.29, 1.82) is 0 Å². The highest BCUT2D eigenvalue weighted by Gasteiger charge is 2.48. The molecule has 1 N–H and O–H groups in total. The molecule has 2 aliphatic rings. The summed E-state index contributed by atoms with van der Waals surface area (Å²) in [6, 6.07) is 11.0. The number of rotatable bonds is 5. The minimum absolute atomic E-state index is 0.0671. The lowest BCUT2D eigenvalue weighted by Gasteiger charge is -2.27. The van der Waals surface area contributed by atoms with E-state index in [4.69, 9.17) is 28.4 Å². The minimum Gasteiger partial charge on any atom is -0.508 e. The van der Waals surface area contributed by atoms with Gasteiger partial charge in [0.25, 0.3) is 0 Å². The number of esters is 2. The van der Waals surface area contributed by atoms with Gasteiger partial charge in [-0.05, 0) is 57.0 Å². The lowest BCUT2D eigenvalue weighted by Crippen LogP contribution is -2.39. The first-order valence-electron chi connectivity index (χ1n) is 13.3. The summed E-state index contributed by atoms with van der Waals surface area (Å²) in [5.74, 6) is -3.99. The van der Waals surface area contributed by atoms with Crippen LogP contribution in [0.1, 0.15) is 60.4 Å². The van der Waals surface area contributed by atoms with Crippen molar-refractivity contribution in [2.45, 2.75) is 64.3 Å². The van der Waals surface area contributed by atoms with Crippen molar-refractivity contribution in [3.8, 4) is 11.5 Å². The largest absolute Gasteiger partial charge is 0.508 e. The summed E-state index contributed by atoms with van der Waals surface area (Å²) in [7, 11) is 1.43. The number of hydrogen-bond acceptors (Lipinski definition) is 9. The van der Waals surface area contributed by atoms with E-state index < -0.39 is 53.9 Å². The molecule has 220 valence electrons. The molecule has 4 rings (SSSR count). The summed E-state index contributed by atoms with van der Waals surface area (Å²) < 4.78 is 50.1. The Morgan fingerprint density at radius 1 is 1.15 bits per heavy atom. The summed E-state index contributed by atoms with van der Waals surface area (Å²) in [5.41, 5.74) is 0.668. The quantitative estimate of drug-likeness (QED) is 0.364. The molecular formula is C31H35FO9. The zero-order valence-electron chi connectivity index (χ0n) is 23.7. The molecule has 9 nitrogen and oxygen atoms in total. The molecule has 2 aromatic rings. The highest BCUT2D eigenvalue weighted by Crippen LogP contribution is 2.37. The Balaban J connectivity index is 1.77. The predicted octanol–water partition coefficient (Wildman–Crippen LogP) is 5.57. The van der Waals surface area contributed by atoms with Gasteiger partial charge < -0.3 is 33.5 Å². The molecule has 2 heterocycles. The van der Waals surface area contributed by atoms with E-state index in [9.17, 15) is 14.7 Å². The molecule has 3 unspecified atom stereocenters. The molecule has 10 heteroatoms. The monoisotopic (exact) mass is 570 g/mol. The number of methoxy groups -OCH3 is 1. The molecule has 0 spiro atoms. The minimum atomic E-state index is -1.43. The van der Waals surface area contributed by atoms with E-state index >= 15 is 4.39 Å². The summed E-state index contributed by atoms with van der Waals surface area (Å²) in [6.45, 7) is 6.52. The van der Waals surface area contributed by atoms with E-state index in [1.807, 2.05) is 0 Å². The maximum absolute atomic E-state index is 16.0. The number of ether oxygens (including phenoxy) is 6. The molecule has 0 aliphatic carbocycles. The van der Waals surface area contributed by atoms with E-state index in [1.54, 1.807) is 70.2 Å². The number of hydrogen-bond donors (Lipinski definition) is 1. The number of cyclic esters (lactones) is 1. The highest BCUT2D eigenvalue weighted by atomic mass is 19.1. The van der Waals surface area contributed by atoms with Crippen LogP contribution in [0.3, 0.4) is 0 Å². The second kappa shape index (κ2) is 12.8. The van der Waals surface area contributed by atoms with Crippen molar-refractivity contribution in [1.82, 2.24) is 0 Å². The van der Waals surface area contributed by atoms with Crippen molar-refractivity contribution >= 4 is 18.0 Å². The van der Waals surface area contributed by atoms with Gasteiger partial charge in [-0.2, -0.15) is 0 Å². The van der Waals surface area contributed by atoms with E-state index in [0.717, 1.165) is 0 Å². The fourth-order valence-corrected chi connectivity index (χ4v) is 4.69. The van der Waals surface area contributed by atoms with E-state index in [1.165, 1.54) is 25.3 Å². The van der Waals surface area contributed by atoms with Gasteiger partial charge in [0.1, 0.15) is 35.1 Å². The van der Waals surface area contributed by atoms with Crippen LogP contribution < -0.4 is 4.74 Å².